The number of hydrogen-bond acceptors (Lipinski definition) is 5. The Kier molecular flexibility index (Phi) is 4.47. The molecule has 2 N–H and O–H groups in total. The number of aryl methyl sites for hydroxylation is 1. The first-order valence-electron chi connectivity index (χ1n) is 5.99. The molecule has 2 aromatic heterocycles. The summed E-state index contributed by atoms with van der Waals surface area (Å²) in [5.41, 5.74) is 1.96. The van der Waals surface area contributed by atoms with Gasteiger partial charge in [-0.05, 0) is 19.1 Å². The summed E-state index contributed by atoms with van der Waals surface area (Å²) in [6.07, 6.45) is 3.29. The topological polar surface area (TPSA) is 79.8 Å². The summed E-state index contributed by atoms with van der Waals surface area (Å²) in [5.74, 6) is 0.297. The maximum Gasteiger partial charge on any atom is 0.251 e. The molecule has 2 aromatic rings. The Labute approximate surface area is 121 Å². The maximum absolute atomic E-state index is 12.0. The Balaban J connectivity index is 2.04. The number of anilines is 1. The second kappa shape index (κ2) is 6.29. The lowest BCUT2D eigenvalue weighted by Gasteiger charge is -2.07. The highest BCUT2D eigenvalue weighted by Crippen LogP contribution is 2.14. The van der Waals surface area contributed by atoms with E-state index in [2.05, 4.69) is 25.6 Å². The molecule has 2 rings (SSSR count). The summed E-state index contributed by atoms with van der Waals surface area (Å²) in [6.45, 7) is 2.16. The number of amides is 1. The molecule has 0 unspecified atom stereocenters. The molecular formula is C13H14ClN5O. The average molecular weight is 292 g/mol. The van der Waals surface area contributed by atoms with Crippen molar-refractivity contribution in [3.8, 4) is 0 Å². The highest BCUT2D eigenvalue weighted by Gasteiger charge is 2.09. The number of rotatable bonds is 4. The molecule has 0 atom stereocenters. The van der Waals surface area contributed by atoms with Crippen molar-refractivity contribution in [2.75, 3.05) is 12.4 Å². The minimum absolute atomic E-state index is 0.242. The van der Waals surface area contributed by atoms with Crippen LogP contribution in [0.2, 0.25) is 5.15 Å². The van der Waals surface area contributed by atoms with Crippen LogP contribution >= 0.6 is 11.6 Å². The van der Waals surface area contributed by atoms with Crippen molar-refractivity contribution in [2.24, 2.45) is 0 Å². The van der Waals surface area contributed by atoms with Gasteiger partial charge in [0.2, 0.25) is 0 Å². The Morgan fingerprint density at radius 1 is 1.30 bits per heavy atom. The van der Waals surface area contributed by atoms with Crippen molar-refractivity contribution in [1.29, 1.82) is 0 Å². The van der Waals surface area contributed by atoms with Crippen LogP contribution in [0.4, 0.5) is 5.82 Å². The zero-order valence-corrected chi connectivity index (χ0v) is 11.9. The molecule has 0 radical (unpaired) electrons. The van der Waals surface area contributed by atoms with Crippen LogP contribution in [0.3, 0.4) is 0 Å². The molecule has 0 aliphatic carbocycles. The quantitative estimate of drug-likeness (QED) is 0.840. The summed E-state index contributed by atoms with van der Waals surface area (Å²) in [6, 6.07) is 3.14. The first kappa shape index (κ1) is 14.2. The van der Waals surface area contributed by atoms with E-state index in [1.165, 1.54) is 6.07 Å². The Morgan fingerprint density at radius 2 is 2.10 bits per heavy atom. The molecule has 0 aliphatic rings. The number of aromatic nitrogens is 3. The summed E-state index contributed by atoms with van der Waals surface area (Å²) in [5, 5.41) is 5.86. The van der Waals surface area contributed by atoms with Gasteiger partial charge in [0.15, 0.2) is 0 Å². The second-order valence-electron chi connectivity index (χ2n) is 4.15. The molecule has 7 heteroatoms. The molecule has 104 valence electrons. The standard InChI is InChI=1S/C13H14ClN5O/c1-8-5-17-10(6-16-8)7-18-13(20)9-3-11(14)19-12(4-9)15-2/h3-6H,7H2,1-2H3,(H,15,19)(H,18,20). The van der Waals surface area contributed by atoms with Crippen LogP contribution in [0.15, 0.2) is 24.5 Å². The van der Waals surface area contributed by atoms with E-state index in [-0.39, 0.29) is 11.1 Å². The number of hydrogen-bond donors (Lipinski definition) is 2. The van der Waals surface area contributed by atoms with Gasteiger partial charge in [-0.2, -0.15) is 0 Å². The Bertz CT molecular complexity index is 615. The van der Waals surface area contributed by atoms with E-state index >= 15 is 0 Å². The van der Waals surface area contributed by atoms with Crippen molar-refractivity contribution in [1.82, 2.24) is 20.3 Å². The summed E-state index contributed by atoms with van der Waals surface area (Å²) in [7, 11) is 1.71. The van der Waals surface area contributed by atoms with Crippen molar-refractivity contribution in [2.45, 2.75) is 13.5 Å². The van der Waals surface area contributed by atoms with Gasteiger partial charge >= 0.3 is 0 Å². The fraction of sp³-hybridized carbons (Fsp3) is 0.231. The highest BCUT2D eigenvalue weighted by molar-refractivity contribution is 6.29. The average Bonchev–Trinajstić information content (AvgIpc) is 2.45. The maximum atomic E-state index is 12.0. The number of nitrogens with one attached hydrogen (secondary N) is 2. The van der Waals surface area contributed by atoms with E-state index in [0.717, 1.165) is 5.69 Å². The zero-order chi connectivity index (χ0) is 14.5. The Hall–Kier alpha value is -2.21. The summed E-state index contributed by atoms with van der Waals surface area (Å²) < 4.78 is 0. The molecule has 1 amide bonds. The third kappa shape index (κ3) is 3.64. The van der Waals surface area contributed by atoms with Crippen LogP contribution in [0.25, 0.3) is 0 Å². The van der Waals surface area contributed by atoms with Crippen molar-refractivity contribution in [3.05, 3.63) is 46.6 Å². The molecule has 0 saturated carbocycles. The SMILES string of the molecule is CNc1cc(C(=O)NCc2cnc(C)cn2)cc(Cl)n1. The van der Waals surface area contributed by atoms with E-state index in [4.69, 9.17) is 11.6 Å². The molecule has 0 spiro atoms. The largest absolute Gasteiger partial charge is 0.373 e. The fourth-order valence-electron chi connectivity index (χ4n) is 1.54. The molecule has 0 aromatic carbocycles. The molecule has 0 aliphatic heterocycles. The van der Waals surface area contributed by atoms with Crippen molar-refractivity contribution >= 4 is 23.3 Å². The summed E-state index contributed by atoms with van der Waals surface area (Å²) >= 11 is 5.85. The lowest BCUT2D eigenvalue weighted by atomic mass is 10.2. The van der Waals surface area contributed by atoms with Gasteiger partial charge in [0.05, 0.1) is 24.1 Å². The number of carbonyl (C=O) groups is 1. The predicted molar refractivity (Wildman–Crippen MR) is 76.7 cm³/mol. The first-order chi connectivity index (χ1) is 9.58. The Morgan fingerprint density at radius 3 is 2.75 bits per heavy atom. The van der Waals surface area contributed by atoms with Crippen LogP contribution in [0.5, 0.6) is 0 Å². The van der Waals surface area contributed by atoms with E-state index in [1.807, 2.05) is 6.92 Å². The van der Waals surface area contributed by atoms with Gasteiger partial charge in [0, 0.05) is 18.8 Å². The van der Waals surface area contributed by atoms with Gasteiger partial charge in [-0.3, -0.25) is 14.8 Å². The number of carbonyl (C=O) groups excluding carboxylic acids is 1. The minimum atomic E-state index is -0.242. The third-order valence-electron chi connectivity index (χ3n) is 2.58. The van der Waals surface area contributed by atoms with E-state index < -0.39 is 0 Å². The molecule has 0 fully saturated rings. The van der Waals surface area contributed by atoms with Crippen molar-refractivity contribution in [3.63, 3.8) is 0 Å². The molecule has 2 heterocycles. The smallest absolute Gasteiger partial charge is 0.251 e. The fourth-order valence-corrected chi connectivity index (χ4v) is 1.75. The van der Waals surface area contributed by atoms with Crippen LogP contribution in [0, 0.1) is 6.92 Å². The molecule has 6 nitrogen and oxygen atoms in total. The normalized spacial score (nSPS) is 10.2. The third-order valence-corrected chi connectivity index (χ3v) is 2.77. The van der Waals surface area contributed by atoms with Crippen molar-refractivity contribution < 1.29 is 4.79 Å². The molecular weight excluding hydrogens is 278 g/mol. The lowest BCUT2D eigenvalue weighted by molar-refractivity contribution is 0.0950. The minimum Gasteiger partial charge on any atom is -0.373 e. The van der Waals surface area contributed by atoms with Gasteiger partial charge in [0.1, 0.15) is 11.0 Å². The molecule has 20 heavy (non-hydrogen) atoms. The number of halogens is 1. The number of nitrogens with zero attached hydrogens (tertiary/aromatic N) is 3. The molecule has 0 saturated heterocycles. The van der Waals surface area contributed by atoms with Gasteiger partial charge in [0.25, 0.3) is 5.91 Å². The van der Waals surface area contributed by atoms with Gasteiger partial charge < -0.3 is 10.6 Å². The number of pyridine rings is 1. The van der Waals surface area contributed by atoms with Gasteiger partial charge in [-0.15, -0.1) is 0 Å². The van der Waals surface area contributed by atoms with E-state index in [1.54, 1.807) is 25.5 Å². The monoisotopic (exact) mass is 291 g/mol. The first-order valence-corrected chi connectivity index (χ1v) is 6.37. The van der Waals surface area contributed by atoms with E-state index in [9.17, 15) is 4.79 Å². The zero-order valence-electron chi connectivity index (χ0n) is 11.1. The second-order valence-corrected chi connectivity index (χ2v) is 4.53. The van der Waals surface area contributed by atoms with Crippen LogP contribution in [-0.2, 0) is 6.54 Å². The van der Waals surface area contributed by atoms with Crippen LogP contribution < -0.4 is 10.6 Å². The van der Waals surface area contributed by atoms with Gasteiger partial charge in [-0.1, -0.05) is 11.6 Å². The molecule has 0 bridgehead atoms. The predicted octanol–water partition coefficient (Wildman–Crippen LogP) is 1.81. The van der Waals surface area contributed by atoms with Gasteiger partial charge in [-0.25, -0.2) is 4.98 Å². The van der Waals surface area contributed by atoms with Crippen LogP contribution in [-0.4, -0.2) is 27.9 Å². The van der Waals surface area contributed by atoms with Crippen LogP contribution in [0.1, 0.15) is 21.7 Å². The van der Waals surface area contributed by atoms with E-state index in [0.29, 0.717) is 23.6 Å². The lowest BCUT2D eigenvalue weighted by Crippen LogP contribution is -2.23. The highest BCUT2D eigenvalue weighted by atomic mass is 35.5. The summed E-state index contributed by atoms with van der Waals surface area (Å²) in [4.78, 5) is 24.3.